The molecule has 8 nitrogen and oxygen atoms in total. The van der Waals surface area contributed by atoms with Crippen LogP contribution in [0.1, 0.15) is 33.5 Å². The molecule has 0 radical (unpaired) electrons. The summed E-state index contributed by atoms with van der Waals surface area (Å²) in [6.07, 6.45) is 0. The van der Waals surface area contributed by atoms with E-state index in [9.17, 15) is 14.4 Å². The van der Waals surface area contributed by atoms with Gasteiger partial charge in [0.25, 0.3) is 5.56 Å². The lowest BCUT2D eigenvalue weighted by atomic mass is 9.96. The number of aromatic nitrogens is 4. The number of nitrogens with one attached hydrogen (secondary N) is 1. The Bertz CT molecular complexity index is 955. The number of carbonyl (C=O) groups excluding carboxylic acids is 1. The molecule has 0 aromatic carbocycles. The molecule has 2 rings (SSSR count). The van der Waals surface area contributed by atoms with E-state index in [0.717, 1.165) is 4.57 Å². The molecule has 1 unspecified atom stereocenters. The SMILES string of the molecule is CNC(=O)C(C)Sc1nc(C(C)(C)C)nc2c1c(=O)n(C)c(=O)n2C. The highest BCUT2D eigenvalue weighted by atomic mass is 32.2. The van der Waals surface area contributed by atoms with Crippen molar-refractivity contribution < 1.29 is 4.79 Å². The first-order valence-electron chi connectivity index (χ1n) is 7.85. The Morgan fingerprint density at radius 2 is 1.76 bits per heavy atom. The van der Waals surface area contributed by atoms with Crippen molar-refractivity contribution in [3.8, 4) is 0 Å². The molecule has 0 saturated heterocycles. The number of nitrogens with zero attached hydrogens (tertiary/aromatic N) is 4. The molecule has 0 aliphatic carbocycles. The maximum atomic E-state index is 12.7. The van der Waals surface area contributed by atoms with Gasteiger partial charge in [-0.25, -0.2) is 14.8 Å². The van der Waals surface area contributed by atoms with E-state index >= 15 is 0 Å². The summed E-state index contributed by atoms with van der Waals surface area (Å²) in [5, 5.41) is 2.79. The first kappa shape index (κ1) is 19.2. The van der Waals surface area contributed by atoms with Crippen molar-refractivity contribution in [3.05, 3.63) is 26.7 Å². The van der Waals surface area contributed by atoms with Gasteiger partial charge >= 0.3 is 5.69 Å². The Morgan fingerprint density at radius 1 is 1.16 bits per heavy atom. The number of carbonyl (C=O) groups is 1. The summed E-state index contributed by atoms with van der Waals surface area (Å²) < 4.78 is 2.36. The Kier molecular flexibility index (Phi) is 5.08. The van der Waals surface area contributed by atoms with Crippen LogP contribution >= 0.6 is 11.8 Å². The van der Waals surface area contributed by atoms with Crippen LogP contribution in [-0.4, -0.2) is 37.3 Å². The lowest BCUT2D eigenvalue weighted by Crippen LogP contribution is -2.38. The van der Waals surface area contributed by atoms with E-state index in [0.29, 0.717) is 10.9 Å². The minimum absolute atomic E-state index is 0.171. The van der Waals surface area contributed by atoms with E-state index in [2.05, 4.69) is 15.3 Å². The van der Waals surface area contributed by atoms with Crippen molar-refractivity contribution in [2.45, 2.75) is 43.4 Å². The third-order valence-corrected chi connectivity index (χ3v) is 4.93. The summed E-state index contributed by atoms with van der Waals surface area (Å²) in [6, 6.07) is 0. The van der Waals surface area contributed by atoms with Gasteiger partial charge in [-0.15, -0.1) is 0 Å². The second kappa shape index (κ2) is 6.62. The van der Waals surface area contributed by atoms with Crippen LogP contribution < -0.4 is 16.6 Å². The molecule has 1 amide bonds. The van der Waals surface area contributed by atoms with Gasteiger partial charge in [-0.05, 0) is 6.92 Å². The fourth-order valence-electron chi connectivity index (χ4n) is 2.27. The minimum Gasteiger partial charge on any atom is -0.358 e. The molecule has 1 N–H and O–H groups in total. The number of fused-ring (bicyclic) bond motifs is 1. The van der Waals surface area contributed by atoms with Crippen molar-refractivity contribution >= 4 is 28.7 Å². The molecule has 136 valence electrons. The summed E-state index contributed by atoms with van der Waals surface area (Å²) >= 11 is 1.18. The molecule has 0 aliphatic rings. The topological polar surface area (TPSA) is 98.9 Å². The van der Waals surface area contributed by atoms with Crippen molar-refractivity contribution in [1.82, 2.24) is 24.4 Å². The summed E-state index contributed by atoms with van der Waals surface area (Å²) in [6.45, 7) is 7.58. The molecule has 2 aromatic heterocycles. The standard InChI is InChI=1S/C16H23N5O3S/c1-8(11(22)17-5)25-12-9-10(18-14(19-12)16(2,3)4)20(6)15(24)21(7)13(9)23/h8H,1-7H3,(H,17,22). The quantitative estimate of drug-likeness (QED) is 0.630. The van der Waals surface area contributed by atoms with Gasteiger partial charge in [-0.2, -0.15) is 0 Å². The average molecular weight is 365 g/mol. The average Bonchev–Trinajstić information content (AvgIpc) is 2.55. The second-order valence-corrected chi connectivity index (χ2v) is 8.21. The van der Waals surface area contributed by atoms with Crippen LogP contribution in [-0.2, 0) is 24.3 Å². The molecule has 0 spiro atoms. The number of rotatable bonds is 3. The van der Waals surface area contributed by atoms with Gasteiger partial charge in [-0.1, -0.05) is 32.5 Å². The first-order chi connectivity index (χ1) is 11.5. The molecular formula is C16H23N5O3S. The van der Waals surface area contributed by atoms with E-state index in [-0.39, 0.29) is 22.4 Å². The van der Waals surface area contributed by atoms with Crippen LogP contribution in [0.4, 0.5) is 0 Å². The molecule has 9 heteroatoms. The Balaban J connectivity index is 2.88. The zero-order valence-electron chi connectivity index (χ0n) is 15.5. The molecule has 0 aliphatic heterocycles. The van der Waals surface area contributed by atoms with Crippen LogP contribution in [0.3, 0.4) is 0 Å². The van der Waals surface area contributed by atoms with Gasteiger partial charge in [0.2, 0.25) is 5.91 Å². The van der Waals surface area contributed by atoms with E-state index in [1.807, 2.05) is 20.8 Å². The van der Waals surface area contributed by atoms with E-state index in [1.165, 1.54) is 23.4 Å². The fraction of sp³-hybridized carbons (Fsp3) is 0.562. The summed E-state index contributed by atoms with van der Waals surface area (Å²) in [5.41, 5.74) is -1.02. The molecule has 0 saturated carbocycles. The smallest absolute Gasteiger partial charge is 0.332 e. The Morgan fingerprint density at radius 3 is 2.28 bits per heavy atom. The van der Waals surface area contributed by atoms with Crippen LogP contribution in [0, 0.1) is 0 Å². The number of thioether (sulfide) groups is 1. The molecule has 0 bridgehead atoms. The molecule has 0 fully saturated rings. The molecule has 25 heavy (non-hydrogen) atoms. The molecule has 2 aromatic rings. The maximum Gasteiger partial charge on any atom is 0.332 e. The van der Waals surface area contributed by atoms with Crippen molar-refractivity contribution in [3.63, 3.8) is 0 Å². The monoisotopic (exact) mass is 365 g/mol. The normalized spacial score (nSPS) is 13.1. The number of hydrogen-bond donors (Lipinski definition) is 1. The van der Waals surface area contributed by atoms with Gasteiger partial charge in [0.1, 0.15) is 16.2 Å². The van der Waals surface area contributed by atoms with Gasteiger partial charge in [0.05, 0.1) is 5.25 Å². The Hall–Kier alpha value is -2.16. The van der Waals surface area contributed by atoms with Crippen molar-refractivity contribution in [2.75, 3.05) is 7.05 Å². The van der Waals surface area contributed by atoms with Crippen molar-refractivity contribution in [2.24, 2.45) is 14.1 Å². The van der Waals surface area contributed by atoms with Gasteiger partial charge in [-0.3, -0.25) is 18.7 Å². The first-order valence-corrected chi connectivity index (χ1v) is 8.73. The lowest BCUT2D eigenvalue weighted by Gasteiger charge is -2.20. The van der Waals surface area contributed by atoms with E-state index in [4.69, 9.17) is 0 Å². The number of amides is 1. The van der Waals surface area contributed by atoms with Crippen LogP contribution in [0.25, 0.3) is 11.0 Å². The van der Waals surface area contributed by atoms with E-state index < -0.39 is 16.5 Å². The van der Waals surface area contributed by atoms with Gasteiger partial charge < -0.3 is 5.32 Å². The number of hydrogen-bond acceptors (Lipinski definition) is 6. The van der Waals surface area contributed by atoms with Crippen LogP contribution in [0.2, 0.25) is 0 Å². The highest BCUT2D eigenvalue weighted by Crippen LogP contribution is 2.29. The van der Waals surface area contributed by atoms with Crippen molar-refractivity contribution in [1.29, 1.82) is 0 Å². The molecular weight excluding hydrogens is 342 g/mol. The van der Waals surface area contributed by atoms with Gasteiger partial charge in [0.15, 0.2) is 5.65 Å². The fourth-order valence-corrected chi connectivity index (χ4v) is 3.27. The second-order valence-electron chi connectivity index (χ2n) is 6.88. The predicted molar refractivity (Wildman–Crippen MR) is 98.1 cm³/mol. The largest absolute Gasteiger partial charge is 0.358 e. The zero-order valence-corrected chi connectivity index (χ0v) is 16.3. The highest BCUT2D eigenvalue weighted by Gasteiger charge is 2.25. The van der Waals surface area contributed by atoms with Gasteiger partial charge in [0, 0.05) is 26.6 Å². The zero-order chi connectivity index (χ0) is 19.1. The third-order valence-electron chi connectivity index (χ3n) is 3.84. The molecule has 1 atom stereocenters. The predicted octanol–water partition coefficient (Wildman–Crippen LogP) is 0.551. The Labute approximate surface area is 149 Å². The maximum absolute atomic E-state index is 12.7. The van der Waals surface area contributed by atoms with Crippen LogP contribution in [0.15, 0.2) is 14.6 Å². The number of aryl methyl sites for hydroxylation is 1. The third kappa shape index (κ3) is 3.46. The minimum atomic E-state index is -0.467. The summed E-state index contributed by atoms with van der Waals surface area (Å²) in [4.78, 5) is 45.8. The summed E-state index contributed by atoms with van der Waals surface area (Å²) in [7, 11) is 4.54. The summed E-state index contributed by atoms with van der Waals surface area (Å²) in [5.74, 6) is 0.338. The highest BCUT2D eigenvalue weighted by molar-refractivity contribution is 8.00. The van der Waals surface area contributed by atoms with Crippen LogP contribution in [0.5, 0.6) is 0 Å². The van der Waals surface area contributed by atoms with E-state index in [1.54, 1.807) is 21.0 Å². The molecule has 2 heterocycles. The lowest BCUT2D eigenvalue weighted by molar-refractivity contribution is -0.119.